The minimum absolute atomic E-state index is 0.00930. The fourth-order valence-corrected chi connectivity index (χ4v) is 2.55. The first-order valence-corrected chi connectivity index (χ1v) is 5.80. The van der Waals surface area contributed by atoms with Gasteiger partial charge >= 0.3 is 0 Å². The van der Waals surface area contributed by atoms with Crippen molar-refractivity contribution in [2.24, 2.45) is 0 Å². The molecule has 0 amide bonds. The highest BCUT2D eigenvalue weighted by Crippen LogP contribution is 2.35. The van der Waals surface area contributed by atoms with Crippen LogP contribution in [0.4, 0.5) is 8.78 Å². The molecule has 0 saturated carbocycles. The molecule has 2 atom stereocenters. The van der Waals surface area contributed by atoms with Crippen molar-refractivity contribution in [2.45, 2.75) is 23.8 Å². The molecule has 1 nitrogen and oxygen atoms in total. The molecule has 1 aliphatic rings. The van der Waals surface area contributed by atoms with Crippen molar-refractivity contribution < 1.29 is 13.5 Å². The molecular weight excluding hydrogens is 266 g/mol. The van der Waals surface area contributed by atoms with Crippen LogP contribution < -0.4 is 0 Å². The average molecular weight is 277 g/mol. The molecule has 0 N–H and O–H groups in total. The van der Waals surface area contributed by atoms with Gasteiger partial charge in [0.25, 0.3) is 0 Å². The molecule has 1 aromatic carbocycles. The molecule has 0 aromatic heterocycles. The van der Waals surface area contributed by atoms with E-state index >= 15 is 0 Å². The number of benzene rings is 1. The van der Waals surface area contributed by atoms with E-state index in [9.17, 15) is 8.78 Å². The Bertz CT molecular complexity index is 350. The van der Waals surface area contributed by atoms with Gasteiger partial charge in [-0.15, -0.1) is 0 Å². The minimum atomic E-state index is -0.553. The van der Waals surface area contributed by atoms with Crippen LogP contribution in [0.15, 0.2) is 18.2 Å². The molecule has 2 rings (SSSR count). The van der Waals surface area contributed by atoms with E-state index in [0.29, 0.717) is 5.56 Å². The monoisotopic (exact) mass is 276 g/mol. The van der Waals surface area contributed by atoms with Crippen LogP contribution in [0.2, 0.25) is 0 Å². The summed E-state index contributed by atoms with van der Waals surface area (Å²) in [6, 6.07) is 3.63. The molecule has 1 heterocycles. The van der Waals surface area contributed by atoms with Gasteiger partial charge in [-0.3, -0.25) is 0 Å². The second kappa shape index (κ2) is 4.58. The first kappa shape index (κ1) is 11.0. The van der Waals surface area contributed by atoms with E-state index in [1.807, 2.05) is 0 Å². The lowest BCUT2D eigenvalue weighted by molar-refractivity contribution is 0.110. The maximum atomic E-state index is 13.4. The fraction of sp³-hybridized carbons (Fsp3) is 0.455. The summed E-state index contributed by atoms with van der Waals surface area (Å²) < 4.78 is 31.6. The molecule has 82 valence electrons. The molecule has 1 fully saturated rings. The number of ether oxygens (including phenoxy) is 1. The quantitative estimate of drug-likeness (QED) is 0.751. The second-order valence-corrected chi connectivity index (χ2v) is 4.61. The third kappa shape index (κ3) is 2.37. The summed E-state index contributed by atoms with van der Waals surface area (Å²) in [6.45, 7) is 0.718. The van der Waals surface area contributed by atoms with Crippen molar-refractivity contribution in [2.75, 3.05) is 6.61 Å². The summed E-state index contributed by atoms with van der Waals surface area (Å²) in [6.07, 6.45) is 1.90. The molecule has 1 saturated heterocycles. The van der Waals surface area contributed by atoms with Gasteiger partial charge in [0.15, 0.2) is 0 Å². The number of halogens is 3. The molecule has 0 spiro atoms. The number of rotatable bonds is 2. The Labute approximate surface area is 95.6 Å². The largest absolute Gasteiger partial charge is 0.377 e. The molecule has 0 radical (unpaired) electrons. The highest BCUT2D eigenvalue weighted by atomic mass is 79.9. The number of hydrogen-bond donors (Lipinski definition) is 0. The van der Waals surface area contributed by atoms with Crippen LogP contribution in [0, 0.1) is 11.6 Å². The third-order valence-corrected chi connectivity index (χ3v) is 3.63. The molecule has 15 heavy (non-hydrogen) atoms. The molecule has 1 aliphatic heterocycles. The van der Waals surface area contributed by atoms with E-state index in [4.69, 9.17) is 4.74 Å². The molecule has 2 unspecified atom stereocenters. The zero-order chi connectivity index (χ0) is 10.8. The Morgan fingerprint density at radius 1 is 1.40 bits per heavy atom. The van der Waals surface area contributed by atoms with Gasteiger partial charge in [-0.2, -0.15) is 0 Å². The van der Waals surface area contributed by atoms with Crippen LogP contribution in [0.3, 0.4) is 0 Å². The first-order valence-electron chi connectivity index (χ1n) is 4.89. The average Bonchev–Trinajstić information content (AvgIpc) is 2.69. The summed E-state index contributed by atoms with van der Waals surface area (Å²) in [5.74, 6) is -1.07. The zero-order valence-electron chi connectivity index (χ0n) is 8.05. The smallest absolute Gasteiger partial charge is 0.130 e. The van der Waals surface area contributed by atoms with E-state index in [2.05, 4.69) is 15.9 Å². The van der Waals surface area contributed by atoms with Crippen molar-refractivity contribution in [3.05, 3.63) is 35.4 Å². The predicted molar refractivity (Wildman–Crippen MR) is 57.0 cm³/mol. The highest BCUT2D eigenvalue weighted by molar-refractivity contribution is 9.09. The lowest BCUT2D eigenvalue weighted by atomic mass is 10.1. The predicted octanol–water partition coefficient (Wildman–Crippen LogP) is 3.58. The first-order chi connectivity index (χ1) is 7.18. The summed E-state index contributed by atoms with van der Waals surface area (Å²) in [5, 5.41) is 0. The minimum Gasteiger partial charge on any atom is -0.377 e. The SMILES string of the molecule is Fc1ccc(C(Br)C2CCCO2)c(F)c1. The Kier molecular flexibility index (Phi) is 3.36. The van der Waals surface area contributed by atoms with E-state index in [0.717, 1.165) is 25.5 Å². The molecular formula is C11H11BrF2O. The number of hydrogen-bond acceptors (Lipinski definition) is 1. The van der Waals surface area contributed by atoms with Gasteiger partial charge in [0.2, 0.25) is 0 Å². The van der Waals surface area contributed by atoms with Crippen LogP contribution in [0.25, 0.3) is 0 Å². The van der Waals surface area contributed by atoms with Crippen molar-refractivity contribution >= 4 is 15.9 Å². The van der Waals surface area contributed by atoms with E-state index in [1.165, 1.54) is 12.1 Å². The van der Waals surface area contributed by atoms with Crippen LogP contribution in [-0.4, -0.2) is 12.7 Å². The summed E-state index contributed by atoms with van der Waals surface area (Å²) in [4.78, 5) is -0.194. The van der Waals surface area contributed by atoms with Crippen LogP contribution >= 0.6 is 15.9 Å². The molecule has 1 aromatic rings. The van der Waals surface area contributed by atoms with E-state index in [1.54, 1.807) is 0 Å². The van der Waals surface area contributed by atoms with Gasteiger partial charge in [-0.1, -0.05) is 22.0 Å². The molecule has 0 bridgehead atoms. The zero-order valence-corrected chi connectivity index (χ0v) is 9.64. The maximum Gasteiger partial charge on any atom is 0.130 e. The normalized spacial score (nSPS) is 23.0. The van der Waals surface area contributed by atoms with E-state index in [-0.39, 0.29) is 10.9 Å². The van der Waals surface area contributed by atoms with Crippen LogP contribution in [-0.2, 0) is 4.74 Å². The van der Waals surface area contributed by atoms with Crippen molar-refractivity contribution in [3.63, 3.8) is 0 Å². The van der Waals surface area contributed by atoms with E-state index < -0.39 is 11.6 Å². The number of alkyl halides is 1. The Morgan fingerprint density at radius 3 is 2.80 bits per heavy atom. The van der Waals surface area contributed by atoms with Crippen molar-refractivity contribution in [1.29, 1.82) is 0 Å². The Balaban J connectivity index is 2.20. The van der Waals surface area contributed by atoms with Crippen LogP contribution in [0.5, 0.6) is 0 Å². The molecule has 0 aliphatic carbocycles. The van der Waals surface area contributed by atoms with Crippen molar-refractivity contribution in [3.8, 4) is 0 Å². The fourth-order valence-electron chi connectivity index (χ4n) is 1.76. The van der Waals surface area contributed by atoms with Gasteiger partial charge < -0.3 is 4.74 Å². The summed E-state index contributed by atoms with van der Waals surface area (Å²) in [7, 11) is 0. The highest BCUT2D eigenvalue weighted by Gasteiger charge is 2.27. The van der Waals surface area contributed by atoms with Crippen LogP contribution in [0.1, 0.15) is 23.2 Å². The Hall–Kier alpha value is -0.480. The summed E-state index contributed by atoms with van der Waals surface area (Å²) >= 11 is 3.40. The van der Waals surface area contributed by atoms with Crippen molar-refractivity contribution in [1.82, 2.24) is 0 Å². The topological polar surface area (TPSA) is 9.23 Å². The van der Waals surface area contributed by atoms with Gasteiger partial charge in [0.05, 0.1) is 10.9 Å². The third-order valence-electron chi connectivity index (χ3n) is 2.55. The lowest BCUT2D eigenvalue weighted by Gasteiger charge is -2.17. The standard InChI is InChI=1S/C11H11BrF2O/c12-11(10-2-1-5-15-10)8-4-3-7(13)6-9(8)14/h3-4,6,10-11H,1-2,5H2. The van der Waals surface area contributed by atoms with Gasteiger partial charge in [-0.25, -0.2) is 8.78 Å². The lowest BCUT2D eigenvalue weighted by Crippen LogP contribution is -2.13. The van der Waals surface area contributed by atoms with Gasteiger partial charge in [0, 0.05) is 18.2 Å². The Morgan fingerprint density at radius 2 is 2.20 bits per heavy atom. The second-order valence-electron chi connectivity index (χ2n) is 3.62. The maximum absolute atomic E-state index is 13.4. The molecule has 4 heteroatoms. The van der Waals surface area contributed by atoms with Gasteiger partial charge in [0.1, 0.15) is 11.6 Å². The van der Waals surface area contributed by atoms with Gasteiger partial charge in [-0.05, 0) is 18.9 Å². The summed E-state index contributed by atoms with van der Waals surface area (Å²) in [5.41, 5.74) is 0.461.